The molecule has 3 aromatic rings. The first-order chi connectivity index (χ1) is 13.9. The zero-order valence-electron chi connectivity index (χ0n) is 17.0. The number of aliphatic imine (C=N–C) groups is 1. The molecule has 4 rings (SSSR count). The SMILES string of the molecule is CONC(=O)C[C@@H]1N=C(c2ccc(Cl)cc2)c2c(sc(C)c2C)-n2c(C)nnc21.O. The second-order valence-electron chi connectivity index (χ2n) is 6.84. The summed E-state index contributed by atoms with van der Waals surface area (Å²) in [6.45, 7) is 6.09. The third-order valence-electron chi connectivity index (χ3n) is 4.95. The van der Waals surface area contributed by atoms with Crippen molar-refractivity contribution in [2.75, 3.05) is 7.11 Å². The Bertz CT molecular complexity index is 1120. The largest absolute Gasteiger partial charge is 0.412 e. The number of thiophene rings is 1. The van der Waals surface area contributed by atoms with Crippen molar-refractivity contribution in [3.05, 3.63) is 62.5 Å². The lowest BCUT2D eigenvalue weighted by atomic mass is 9.99. The molecule has 3 N–H and O–H groups in total. The van der Waals surface area contributed by atoms with Gasteiger partial charge in [-0.25, -0.2) is 5.48 Å². The zero-order valence-corrected chi connectivity index (χ0v) is 18.6. The fourth-order valence-corrected chi connectivity index (χ4v) is 4.80. The second-order valence-corrected chi connectivity index (χ2v) is 8.48. The summed E-state index contributed by atoms with van der Waals surface area (Å²) in [7, 11) is 1.41. The Labute approximate surface area is 182 Å². The van der Waals surface area contributed by atoms with E-state index in [0.29, 0.717) is 10.8 Å². The molecule has 0 spiro atoms. The number of aromatic nitrogens is 3. The number of nitrogens with zero attached hydrogens (tertiary/aromatic N) is 4. The molecule has 2 aromatic heterocycles. The first-order valence-electron chi connectivity index (χ1n) is 9.09. The average Bonchev–Trinajstić information content (AvgIpc) is 3.15. The second kappa shape index (κ2) is 8.65. The van der Waals surface area contributed by atoms with Crippen LogP contribution in [0.3, 0.4) is 0 Å². The summed E-state index contributed by atoms with van der Waals surface area (Å²) in [6, 6.07) is 7.08. The number of halogens is 1. The van der Waals surface area contributed by atoms with Gasteiger partial charge in [-0.05, 0) is 38.5 Å². The van der Waals surface area contributed by atoms with E-state index < -0.39 is 6.04 Å². The number of nitrogens with one attached hydrogen (secondary N) is 1. The van der Waals surface area contributed by atoms with Gasteiger partial charge in [-0.1, -0.05) is 23.7 Å². The summed E-state index contributed by atoms with van der Waals surface area (Å²) >= 11 is 7.78. The molecule has 0 saturated heterocycles. The van der Waals surface area contributed by atoms with E-state index in [9.17, 15) is 4.79 Å². The van der Waals surface area contributed by atoms with Gasteiger partial charge < -0.3 is 5.48 Å². The van der Waals surface area contributed by atoms with Crippen molar-refractivity contribution in [3.63, 3.8) is 0 Å². The molecule has 1 aliphatic heterocycles. The Kier molecular flexibility index (Phi) is 6.37. The Balaban J connectivity index is 0.00000256. The molecule has 0 aliphatic carbocycles. The monoisotopic (exact) mass is 447 g/mol. The summed E-state index contributed by atoms with van der Waals surface area (Å²) in [4.78, 5) is 23.3. The first-order valence-corrected chi connectivity index (χ1v) is 10.3. The van der Waals surface area contributed by atoms with E-state index in [1.807, 2.05) is 35.8 Å². The lowest BCUT2D eigenvalue weighted by Crippen LogP contribution is -2.24. The minimum atomic E-state index is -0.503. The quantitative estimate of drug-likeness (QED) is 0.619. The van der Waals surface area contributed by atoms with Crippen LogP contribution in [0, 0.1) is 20.8 Å². The number of fused-ring (bicyclic) bond motifs is 3. The number of benzene rings is 1. The molecule has 10 heteroatoms. The summed E-state index contributed by atoms with van der Waals surface area (Å²) < 4.78 is 2.01. The van der Waals surface area contributed by atoms with Crippen LogP contribution in [0.1, 0.15) is 45.7 Å². The third-order valence-corrected chi connectivity index (χ3v) is 6.40. The fourth-order valence-electron chi connectivity index (χ4n) is 3.46. The standard InChI is InChI=1S/C20H20ClN5O2S.H2O/c1-10-11(2)29-20-17(10)18(13-5-7-14(21)8-6-13)22-15(9-16(27)25-28-4)19-24-23-12(3)26(19)20;/h5-8,15H,9H2,1-4H3,(H,25,27);1H2/t15-;/m0./s1. The van der Waals surface area contributed by atoms with E-state index in [1.165, 1.54) is 12.0 Å². The van der Waals surface area contributed by atoms with Crippen molar-refractivity contribution in [1.82, 2.24) is 20.2 Å². The summed E-state index contributed by atoms with van der Waals surface area (Å²) in [5, 5.41) is 10.3. The van der Waals surface area contributed by atoms with Gasteiger partial charge in [0.05, 0.1) is 19.2 Å². The Morgan fingerprint density at radius 3 is 2.60 bits per heavy atom. The van der Waals surface area contributed by atoms with Gasteiger partial charge in [0.25, 0.3) is 0 Å². The lowest BCUT2D eigenvalue weighted by Gasteiger charge is -2.12. The van der Waals surface area contributed by atoms with Crippen LogP contribution in [-0.4, -0.2) is 39.0 Å². The van der Waals surface area contributed by atoms with Crippen LogP contribution < -0.4 is 5.48 Å². The van der Waals surface area contributed by atoms with Crippen LogP contribution in [0.15, 0.2) is 29.3 Å². The number of carbonyl (C=O) groups is 1. The molecule has 0 unspecified atom stereocenters. The molecule has 1 atom stereocenters. The highest BCUT2D eigenvalue weighted by molar-refractivity contribution is 7.15. The maximum Gasteiger partial charge on any atom is 0.246 e. The van der Waals surface area contributed by atoms with Crippen molar-refractivity contribution in [2.45, 2.75) is 33.2 Å². The summed E-state index contributed by atoms with van der Waals surface area (Å²) in [5.74, 6) is 1.12. The molecule has 30 heavy (non-hydrogen) atoms. The van der Waals surface area contributed by atoms with Crippen molar-refractivity contribution < 1.29 is 15.1 Å². The van der Waals surface area contributed by atoms with Crippen molar-refractivity contribution in [1.29, 1.82) is 0 Å². The Hall–Kier alpha value is -2.59. The summed E-state index contributed by atoms with van der Waals surface area (Å²) in [6.07, 6.45) is 0.0933. The van der Waals surface area contributed by atoms with Gasteiger partial charge in [-0.15, -0.1) is 21.5 Å². The first kappa shape index (κ1) is 22.1. The normalized spacial score (nSPS) is 14.8. The van der Waals surface area contributed by atoms with E-state index >= 15 is 0 Å². The predicted octanol–water partition coefficient (Wildman–Crippen LogP) is 3.04. The summed E-state index contributed by atoms with van der Waals surface area (Å²) in [5.41, 5.74) is 6.31. The maximum absolute atomic E-state index is 12.3. The van der Waals surface area contributed by atoms with Crippen molar-refractivity contribution >= 4 is 34.6 Å². The minimum absolute atomic E-state index is 0. The average molecular weight is 448 g/mol. The molecular formula is C20H22ClN5O3S. The number of rotatable bonds is 4. The van der Waals surface area contributed by atoms with E-state index in [-0.39, 0.29) is 17.8 Å². The molecular weight excluding hydrogens is 426 g/mol. The van der Waals surface area contributed by atoms with Gasteiger partial charge in [0.2, 0.25) is 5.91 Å². The van der Waals surface area contributed by atoms with Crippen LogP contribution in [0.2, 0.25) is 5.02 Å². The van der Waals surface area contributed by atoms with Crippen LogP contribution in [0.25, 0.3) is 5.00 Å². The van der Waals surface area contributed by atoms with Crippen LogP contribution in [-0.2, 0) is 9.63 Å². The molecule has 1 aromatic carbocycles. The smallest absolute Gasteiger partial charge is 0.246 e. The molecule has 0 bridgehead atoms. The molecule has 0 saturated carbocycles. The highest BCUT2D eigenvalue weighted by Gasteiger charge is 2.32. The molecule has 1 amide bonds. The van der Waals surface area contributed by atoms with Gasteiger partial charge in [0, 0.05) is 21.0 Å². The molecule has 8 nitrogen and oxygen atoms in total. The van der Waals surface area contributed by atoms with Crippen LogP contribution >= 0.6 is 22.9 Å². The zero-order chi connectivity index (χ0) is 20.7. The van der Waals surface area contributed by atoms with Crippen molar-refractivity contribution in [2.24, 2.45) is 4.99 Å². The van der Waals surface area contributed by atoms with E-state index in [0.717, 1.165) is 33.2 Å². The molecule has 158 valence electrons. The number of amides is 1. The number of hydrogen-bond acceptors (Lipinski definition) is 6. The molecule has 3 heterocycles. The van der Waals surface area contributed by atoms with Gasteiger partial charge in [-0.3, -0.25) is 19.2 Å². The van der Waals surface area contributed by atoms with Gasteiger partial charge >= 0.3 is 0 Å². The minimum Gasteiger partial charge on any atom is -0.412 e. The lowest BCUT2D eigenvalue weighted by molar-refractivity contribution is -0.131. The number of hydroxylamine groups is 1. The number of hydrogen-bond donors (Lipinski definition) is 1. The number of aryl methyl sites for hydroxylation is 2. The van der Waals surface area contributed by atoms with E-state index in [4.69, 9.17) is 21.4 Å². The van der Waals surface area contributed by atoms with Gasteiger partial charge in [0.1, 0.15) is 16.9 Å². The Morgan fingerprint density at radius 1 is 1.23 bits per heavy atom. The number of carbonyl (C=O) groups excluding carboxylic acids is 1. The third kappa shape index (κ3) is 3.77. The topological polar surface area (TPSA) is 113 Å². The predicted molar refractivity (Wildman–Crippen MR) is 117 cm³/mol. The maximum atomic E-state index is 12.3. The molecule has 1 aliphatic rings. The van der Waals surface area contributed by atoms with Gasteiger partial charge in [0.15, 0.2) is 5.82 Å². The van der Waals surface area contributed by atoms with Crippen molar-refractivity contribution in [3.8, 4) is 5.00 Å². The Morgan fingerprint density at radius 2 is 1.93 bits per heavy atom. The van der Waals surface area contributed by atoms with Crippen LogP contribution in [0.4, 0.5) is 0 Å². The highest BCUT2D eigenvalue weighted by Crippen LogP contribution is 2.39. The van der Waals surface area contributed by atoms with Crippen LogP contribution in [0.5, 0.6) is 0 Å². The van der Waals surface area contributed by atoms with Gasteiger partial charge in [-0.2, -0.15) is 0 Å². The molecule has 0 radical (unpaired) electrons. The molecule has 0 fully saturated rings. The van der Waals surface area contributed by atoms with E-state index in [2.05, 4.69) is 29.5 Å². The fraction of sp³-hybridized carbons (Fsp3) is 0.300. The highest BCUT2D eigenvalue weighted by atomic mass is 35.5. The van der Waals surface area contributed by atoms with E-state index in [1.54, 1.807) is 11.3 Å².